The third-order valence-corrected chi connectivity index (χ3v) is 5.76. The molecule has 5 nitrogen and oxygen atoms in total. The SMILES string of the molecule is C=c1cc2n(C(C)CCC)c(=O)c3ccc(-c4cnc(N(C)C)cc4C)c([nH]1)c3-2. The van der Waals surface area contributed by atoms with E-state index in [1.807, 2.05) is 48.0 Å². The van der Waals surface area contributed by atoms with E-state index in [4.69, 9.17) is 0 Å². The number of aromatic nitrogens is 3. The van der Waals surface area contributed by atoms with E-state index in [1.54, 1.807) is 0 Å². The van der Waals surface area contributed by atoms with Crippen LogP contribution in [0.25, 0.3) is 39.9 Å². The molecule has 4 rings (SSSR count). The van der Waals surface area contributed by atoms with Crippen LogP contribution < -0.4 is 15.8 Å². The number of aromatic amines is 1. The molecular weight excluding hydrogens is 360 g/mol. The number of nitrogens with zero attached hydrogens (tertiary/aromatic N) is 3. The Morgan fingerprint density at radius 1 is 1.24 bits per heavy atom. The van der Waals surface area contributed by atoms with E-state index in [0.29, 0.717) is 0 Å². The highest BCUT2D eigenvalue weighted by Crippen LogP contribution is 2.38. The van der Waals surface area contributed by atoms with E-state index in [2.05, 4.69) is 43.4 Å². The first-order valence-electron chi connectivity index (χ1n) is 10.2. The summed E-state index contributed by atoms with van der Waals surface area (Å²) in [5.41, 5.74) is 6.22. The maximum atomic E-state index is 13.2. The van der Waals surface area contributed by atoms with Crippen molar-refractivity contribution in [2.45, 2.75) is 39.7 Å². The lowest BCUT2D eigenvalue weighted by atomic mass is 9.96. The smallest absolute Gasteiger partial charge is 0.259 e. The van der Waals surface area contributed by atoms with Gasteiger partial charge in [0.15, 0.2) is 0 Å². The van der Waals surface area contributed by atoms with Gasteiger partial charge in [-0.05, 0) is 44.0 Å². The number of nitrogens with one attached hydrogen (secondary N) is 1. The fourth-order valence-electron chi connectivity index (χ4n) is 4.32. The first-order chi connectivity index (χ1) is 13.8. The predicted octanol–water partition coefficient (Wildman–Crippen LogP) is 4.36. The molecular formula is C24H28N4O. The minimum Gasteiger partial charge on any atom is -0.363 e. The third kappa shape index (κ3) is 3.01. The average molecular weight is 389 g/mol. The van der Waals surface area contributed by atoms with Gasteiger partial charge in [-0.15, -0.1) is 0 Å². The number of aryl methyl sites for hydroxylation is 1. The van der Waals surface area contributed by atoms with Crippen LogP contribution in [-0.2, 0) is 0 Å². The van der Waals surface area contributed by atoms with E-state index in [1.165, 1.54) is 0 Å². The van der Waals surface area contributed by atoms with Crippen molar-refractivity contribution in [1.82, 2.24) is 14.5 Å². The maximum Gasteiger partial charge on any atom is 0.259 e. The van der Waals surface area contributed by atoms with Gasteiger partial charge in [-0.2, -0.15) is 0 Å². The molecule has 1 N–H and O–H groups in total. The fourth-order valence-corrected chi connectivity index (χ4v) is 4.32. The number of anilines is 1. The molecule has 0 saturated carbocycles. The van der Waals surface area contributed by atoms with Gasteiger partial charge in [0.2, 0.25) is 0 Å². The molecule has 2 aromatic rings. The third-order valence-electron chi connectivity index (χ3n) is 5.76. The summed E-state index contributed by atoms with van der Waals surface area (Å²) < 4.78 is 1.94. The van der Waals surface area contributed by atoms with Crippen LogP contribution in [0.5, 0.6) is 0 Å². The molecule has 0 bridgehead atoms. The minimum atomic E-state index is 0.0781. The van der Waals surface area contributed by atoms with Crippen molar-refractivity contribution in [3.63, 3.8) is 0 Å². The topological polar surface area (TPSA) is 53.9 Å². The summed E-state index contributed by atoms with van der Waals surface area (Å²) in [5, 5.41) is 1.55. The molecule has 2 aliphatic heterocycles. The quantitative estimate of drug-likeness (QED) is 0.553. The summed E-state index contributed by atoms with van der Waals surface area (Å²) in [6.07, 6.45) is 3.92. The zero-order valence-corrected chi connectivity index (χ0v) is 17.8. The van der Waals surface area contributed by atoms with Crippen molar-refractivity contribution in [2.75, 3.05) is 19.0 Å². The van der Waals surface area contributed by atoms with Gasteiger partial charge in [0.25, 0.3) is 5.56 Å². The molecule has 1 aromatic carbocycles. The number of hydrogen-bond donors (Lipinski definition) is 1. The van der Waals surface area contributed by atoms with E-state index in [9.17, 15) is 4.79 Å². The van der Waals surface area contributed by atoms with E-state index in [0.717, 1.165) is 62.9 Å². The molecule has 0 spiro atoms. The Morgan fingerprint density at radius 3 is 2.66 bits per heavy atom. The summed E-state index contributed by atoms with van der Waals surface area (Å²) in [7, 11) is 3.97. The van der Waals surface area contributed by atoms with Gasteiger partial charge in [0, 0.05) is 48.4 Å². The average Bonchev–Trinajstić information content (AvgIpc) is 2.95. The Bertz CT molecular complexity index is 1260. The molecule has 1 unspecified atom stereocenters. The van der Waals surface area contributed by atoms with Crippen molar-refractivity contribution in [3.05, 3.63) is 51.7 Å². The molecule has 29 heavy (non-hydrogen) atoms. The number of hydrogen-bond acceptors (Lipinski definition) is 3. The molecule has 0 aliphatic carbocycles. The predicted molar refractivity (Wildman–Crippen MR) is 122 cm³/mol. The molecule has 150 valence electrons. The molecule has 0 radical (unpaired) electrons. The number of benzene rings is 1. The van der Waals surface area contributed by atoms with Crippen molar-refractivity contribution < 1.29 is 0 Å². The highest BCUT2D eigenvalue weighted by Gasteiger charge is 2.25. The van der Waals surface area contributed by atoms with E-state index < -0.39 is 0 Å². The Hall–Kier alpha value is -3.08. The number of rotatable bonds is 5. The van der Waals surface area contributed by atoms with Gasteiger partial charge < -0.3 is 14.5 Å². The molecule has 1 aromatic heterocycles. The molecule has 2 aliphatic rings. The van der Waals surface area contributed by atoms with Crippen LogP contribution in [0, 0.1) is 6.92 Å². The molecule has 5 heteroatoms. The lowest BCUT2D eigenvalue weighted by Gasteiger charge is -2.18. The summed E-state index contributed by atoms with van der Waals surface area (Å²) in [6.45, 7) is 10.5. The normalized spacial score (nSPS) is 12.7. The monoisotopic (exact) mass is 388 g/mol. The van der Waals surface area contributed by atoms with Gasteiger partial charge in [-0.3, -0.25) is 4.79 Å². The highest BCUT2D eigenvalue weighted by atomic mass is 16.1. The first kappa shape index (κ1) is 19.2. The standard InChI is InChI=1S/C24H28N4O/c1-7-8-16(4)28-20-12-15(3)26-23-17(9-10-18(22(20)23)24(28)29)19-13-25-21(27(5)6)11-14(19)2/h9-13,16,26H,3,7-8H2,1-2,4-6H3. The molecule has 0 saturated heterocycles. The molecule has 3 heterocycles. The number of H-pyrrole nitrogens is 1. The van der Waals surface area contributed by atoms with Crippen LogP contribution in [-0.4, -0.2) is 28.6 Å². The van der Waals surface area contributed by atoms with Crippen molar-refractivity contribution in [2.24, 2.45) is 0 Å². The summed E-state index contributed by atoms with van der Waals surface area (Å²) in [4.78, 5) is 23.2. The Kier molecular flexibility index (Phi) is 4.69. The lowest BCUT2D eigenvalue weighted by molar-refractivity contribution is 0.497. The van der Waals surface area contributed by atoms with E-state index >= 15 is 0 Å². The Balaban J connectivity index is 2.01. The zero-order chi connectivity index (χ0) is 20.9. The summed E-state index contributed by atoms with van der Waals surface area (Å²) in [5.74, 6) is 0.925. The number of pyridine rings is 2. The second kappa shape index (κ2) is 7.07. The Labute approximate surface area is 171 Å². The largest absolute Gasteiger partial charge is 0.363 e. The van der Waals surface area contributed by atoms with Crippen LogP contribution in [0.3, 0.4) is 0 Å². The first-order valence-corrected chi connectivity index (χ1v) is 10.2. The molecule has 0 fully saturated rings. The second-order valence-electron chi connectivity index (χ2n) is 8.16. The molecule has 1 atom stereocenters. The second-order valence-corrected chi connectivity index (χ2v) is 8.16. The van der Waals surface area contributed by atoms with Crippen molar-refractivity contribution in [3.8, 4) is 22.4 Å². The van der Waals surface area contributed by atoms with Crippen LogP contribution in [0.15, 0.2) is 35.3 Å². The van der Waals surface area contributed by atoms with Gasteiger partial charge >= 0.3 is 0 Å². The van der Waals surface area contributed by atoms with Gasteiger partial charge in [-0.1, -0.05) is 26.0 Å². The maximum absolute atomic E-state index is 13.2. The Morgan fingerprint density at radius 2 is 2.00 bits per heavy atom. The van der Waals surface area contributed by atoms with E-state index in [-0.39, 0.29) is 11.6 Å². The van der Waals surface area contributed by atoms with Gasteiger partial charge in [-0.25, -0.2) is 4.98 Å². The van der Waals surface area contributed by atoms with Gasteiger partial charge in [0.05, 0.1) is 16.6 Å². The summed E-state index contributed by atoms with van der Waals surface area (Å²) >= 11 is 0. The summed E-state index contributed by atoms with van der Waals surface area (Å²) in [6, 6.07) is 8.22. The highest BCUT2D eigenvalue weighted by molar-refractivity contribution is 6.03. The van der Waals surface area contributed by atoms with Crippen LogP contribution in [0.1, 0.15) is 38.3 Å². The van der Waals surface area contributed by atoms with Crippen LogP contribution in [0.4, 0.5) is 5.82 Å². The van der Waals surface area contributed by atoms with Crippen LogP contribution in [0.2, 0.25) is 0 Å². The minimum absolute atomic E-state index is 0.0781. The molecule has 0 amide bonds. The van der Waals surface area contributed by atoms with Gasteiger partial charge in [0.1, 0.15) is 5.82 Å². The van der Waals surface area contributed by atoms with Crippen LogP contribution >= 0.6 is 0 Å². The fraction of sp³-hybridized carbons (Fsp3) is 0.333. The van der Waals surface area contributed by atoms with Crippen molar-refractivity contribution >= 4 is 23.3 Å². The zero-order valence-electron chi connectivity index (χ0n) is 17.8. The lowest BCUT2D eigenvalue weighted by Crippen LogP contribution is -2.20. The van der Waals surface area contributed by atoms with Crippen molar-refractivity contribution in [1.29, 1.82) is 0 Å².